The molecule has 0 saturated heterocycles. The maximum Gasteiger partial charge on any atom is 0.340 e. The normalized spacial score (nSPS) is 10.8. The third kappa shape index (κ3) is 4.23. The summed E-state index contributed by atoms with van der Waals surface area (Å²) < 4.78 is 11.4. The molecular formula is C21H18BrNO4. The van der Waals surface area contributed by atoms with Crippen molar-refractivity contribution in [3.8, 4) is 0 Å². The van der Waals surface area contributed by atoms with Gasteiger partial charge >= 0.3 is 5.97 Å². The number of carbonyl (C=O) groups excluding carboxylic acids is 2. The van der Waals surface area contributed by atoms with Gasteiger partial charge in [0.05, 0.1) is 23.4 Å². The van der Waals surface area contributed by atoms with Crippen LogP contribution >= 0.6 is 15.9 Å². The van der Waals surface area contributed by atoms with Gasteiger partial charge in [-0.25, -0.2) is 9.78 Å². The van der Waals surface area contributed by atoms with Crippen molar-refractivity contribution in [2.24, 2.45) is 0 Å². The number of esters is 1. The molecule has 0 bridgehead atoms. The van der Waals surface area contributed by atoms with Crippen molar-refractivity contribution in [3.05, 3.63) is 75.4 Å². The molecule has 0 spiro atoms. The highest BCUT2D eigenvalue weighted by Gasteiger charge is 2.21. The molecule has 1 aromatic heterocycles. The van der Waals surface area contributed by atoms with Crippen molar-refractivity contribution < 1.29 is 19.1 Å². The van der Waals surface area contributed by atoms with E-state index in [2.05, 4.69) is 20.9 Å². The number of para-hydroxylation sites is 1. The summed E-state index contributed by atoms with van der Waals surface area (Å²) in [4.78, 5) is 29.5. The van der Waals surface area contributed by atoms with Gasteiger partial charge in [0.2, 0.25) is 0 Å². The summed E-state index contributed by atoms with van der Waals surface area (Å²) in [7, 11) is 1.54. The first kappa shape index (κ1) is 19.2. The van der Waals surface area contributed by atoms with Gasteiger partial charge in [-0.3, -0.25) is 4.79 Å². The Morgan fingerprint density at radius 1 is 1.07 bits per heavy atom. The van der Waals surface area contributed by atoms with E-state index in [1.54, 1.807) is 31.4 Å². The number of pyridine rings is 1. The predicted molar refractivity (Wildman–Crippen MR) is 106 cm³/mol. The van der Waals surface area contributed by atoms with Gasteiger partial charge in [0.1, 0.15) is 0 Å². The summed E-state index contributed by atoms with van der Waals surface area (Å²) in [5.41, 5.74) is 2.86. The van der Waals surface area contributed by atoms with Crippen LogP contribution in [-0.2, 0) is 16.1 Å². The molecule has 5 nitrogen and oxygen atoms in total. The Kier molecular flexibility index (Phi) is 5.98. The number of aryl methyl sites for hydroxylation is 1. The average molecular weight is 428 g/mol. The standard InChI is InChI=1S/C21H18BrNO4/c1-13-16-5-3-4-6-17(16)23-18(11-26-2)20(13)21(25)27-12-19(24)14-7-9-15(22)10-8-14/h3-10H,11-12H2,1-2H3. The van der Waals surface area contributed by atoms with E-state index in [4.69, 9.17) is 9.47 Å². The fourth-order valence-corrected chi connectivity index (χ4v) is 3.14. The fourth-order valence-electron chi connectivity index (χ4n) is 2.88. The molecule has 0 N–H and O–H groups in total. The van der Waals surface area contributed by atoms with E-state index in [0.717, 1.165) is 20.9 Å². The second-order valence-corrected chi connectivity index (χ2v) is 6.93. The summed E-state index contributed by atoms with van der Waals surface area (Å²) in [5, 5.41) is 0.864. The van der Waals surface area contributed by atoms with Crippen LogP contribution < -0.4 is 0 Å². The van der Waals surface area contributed by atoms with Crippen molar-refractivity contribution >= 4 is 38.6 Å². The van der Waals surface area contributed by atoms with Crippen LogP contribution in [0.2, 0.25) is 0 Å². The second kappa shape index (κ2) is 8.41. The van der Waals surface area contributed by atoms with Gasteiger partial charge in [-0.1, -0.05) is 46.3 Å². The molecule has 6 heteroatoms. The van der Waals surface area contributed by atoms with E-state index >= 15 is 0 Å². The van der Waals surface area contributed by atoms with E-state index in [-0.39, 0.29) is 19.0 Å². The smallest absolute Gasteiger partial charge is 0.340 e. The lowest BCUT2D eigenvalue weighted by molar-refractivity contribution is 0.0469. The molecule has 0 atom stereocenters. The topological polar surface area (TPSA) is 65.5 Å². The summed E-state index contributed by atoms with van der Waals surface area (Å²) in [6.45, 7) is 1.69. The van der Waals surface area contributed by atoms with E-state index in [1.165, 1.54) is 0 Å². The van der Waals surface area contributed by atoms with E-state index in [9.17, 15) is 9.59 Å². The van der Waals surface area contributed by atoms with Gasteiger partial charge in [0.15, 0.2) is 12.4 Å². The number of benzene rings is 2. The first-order valence-electron chi connectivity index (χ1n) is 8.34. The molecule has 0 saturated carbocycles. The molecule has 0 fully saturated rings. The van der Waals surface area contributed by atoms with E-state index < -0.39 is 5.97 Å². The molecule has 0 amide bonds. The largest absolute Gasteiger partial charge is 0.454 e. The Balaban J connectivity index is 1.86. The number of carbonyl (C=O) groups is 2. The van der Waals surface area contributed by atoms with Gasteiger partial charge in [0, 0.05) is 22.5 Å². The van der Waals surface area contributed by atoms with Crippen LogP contribution in [0.1, 0.15) is 32.0 Å². The number of ether oxygens (including phenoxy) is 2. The van der Waals surface area contributed by atoms with Gasteiger partial charge < -0.3 is 9.47 Å². The quantitative estimate of drug-likeness (QED) is 0.428. The molecule has 3 rings (SSSR count). The number of Topliss-reactive ketones (excluding diaryl/α,β-unsaturated/α-hetero) is 1. The Bertz CT molecular complexity index is 999. The molecule has 138 valence electrons. The molecule has 0 radical (unpaired) electrons. The SMILES string of the molecule is COCc1nc2ccccc2c(C)c1C(=O)OCC(=O)c1ccc(Br)cc1. The number of aromatic nitrogens is 1. The monoisotopic (exact) mass is 427 g/mol. The summed E-state index contributed by atoms with van der Waals surface area (Å²) in [6.07, 6.45) is 0. The van der Waals surface area contributed by atoms with Crippen LogP contribution in [0.3, 0.4) is 0 Å². The summed E-state index contributed by atoms with van der Waals surface area (Å²) in [6, 6.07) is 14.5. The van der Waals surface area contributed by atoms with Crippen LogP contribution in [0.25, 0.3) is 10.9 Å². The van der Waals surface area contributed by atoms with Crippen molar-refractivity contribution in [2.75, 3.05) is 13.7 Å². The lowest BCUT2D eigenvalue weighted by Gasteiger charge is -2.13. The molecule has 0 aliphatic carbocycles. The number of fused-ring (bicyclic) bond motifs is 1. The minimum atomic E-state index is -0.580. The van der Waals surface area contributed by atoms with E-state index in [0.29, 0.717) is 16.8 Å². The Morgan fingerprint density at radius 2 is 1.78 bits per heavy atom. The van der Waals surface area contributed by atoms with Crippen molar-refractivity contribution in [1.82, 2.24) is 4.98 Å². The third-order valence-corrected chi connectivity index (χ3v) is 4.74. The van der Waals surface area contributed by atoms with Gasteiger partial charge in [-0.2, -0.15) is 0 Å². The maximum atomic E-state index is 12.7. The second-order valence-electron chi connectivity index (χ2n) is 6.01. The summed E-state index contributed by atoms with van der Waals surface area (Å²) in [5.74, 6) is -0.848. The molecule has 27 heavy (non-hydrogen) atoms. The van der Waals surface area contributed by atoms with E-state index in [1.807, 2.05) is 31.2 Å². The molecule has 0 unspecified atom stereocenters. The number of hydrogen-bond donors (Lipinski definition) is 0. The number of nitrogens with zero attached hydrogens (tertiary/aromatic N) is 1. The van der Waals surface area contributed by atoms with Gasteiger partial charge in [-0.15, -0.1) is 0 Å². The zero-order valence-electron chi connectivity index (χ0n) is 15.0. The van der Waals surface area contributed by atoms with Crippen LogP contribution in [0.5, 0.6) is 0 Å². The summed E-state index contributed by atoms with van der Waals surface area (Å²) >= 11 is 3.32. The number of ketones is 1. The highest BCUT2D eigenvalue weighted by molar-refractivity contribution is 9.10. The molecule has 1 heterocycles. The van der Waals surface area contributed by atoms with Crippen LogP contribution in [0.4, 0.5) is 0 Å². The minimum absolute atomic E-state index is 0.177. The molecular weight excluding hydrogens is 410 g/mol. The molecule has 0 aliphatic heterocycles. The average Bonchev–Trinajstić information content (AvgIpc) is 2.67. The highest BCUT2D eigenvalue weighted by atomic mass is 79.9. The zero-order valence-corrected chi connectivity index (χ0v) is 16.6. The Labute approximate surface area is 165 Å². The molecule has 2 aromatic carbocycles. The van der Waals surface area contributed by atoms with Crippen LogP contribution in [-0.4, -0.2) is 30.5 Å². The number of rotatable bonds is 6. The lowest BCUT2D eigenvalue weighted by atomic mass is 10.0. The first-order chi connectivity index (χ1) is 13.0. The Morgan fingerprint density at radius 3 is 2.48 bits per heavy atom. The molecule has 0 aliphatic rings. The van der Waals surface area contributed by atoms with Gasteiger partial charge in [-0.05, 0) is 30.7 Å². The predicted octanol–water partition coefficient (Wildman–Crippen LogP) is 4.49. The van der Waals surface area contributed by atoms with Crippen molar-refractivity contribution in [3.63, 3.8) is 0 Å². The van der Waals surface area contributed by atoms with Gasteiger partial charge in [0.25, 0.3) is 0 Å². The number of halogens is 1. The van der Waals surface area contributed by atoms with Crippen molar-refractivity contribution in [1.29, 1.82) is 0 Å². The third-order valence-electron chi connectivity index (χ3n) is 4.21. The zero-order chi connectivity index (χ0) is 19.4. The number of methoxy groups -OCH3 is 1. The van der Waals surface area contributed by atoms with Crippen LogP contribution in [0.15, 0.2) is 53.0 Å². The molecule has 3 aromatic rings. The lowest BCUT2D eigenvalue weighted by Crippen LogP contribution is -2.18. The van der Waals surface area contributed by atoms with Crippen molar-refractivity contribution in [2.45, 2.75) is 13.5 Å². The fraction of sp³-hybridized carbons (Fsp3) is 0.190. The minimum Gasteiger partial charge on any atom is -0.454 e. The maximum absolute atomic E-state index is 12.7. The Hall–Kier alpha value is -2.57. The first-order valence-corrected chi connectivity index (χ1v) is 9.13. The highest BCUT2D eigenvalue weighted by Crippen LogP contribution is 2.24. The van der Waals surface area contributed by atoms with Crippen LogP contribution in [0, 0.1) is 6.92 Å². The number of hydrogen-bond acceptors (Lipinski definition) is 5.